The minimum atomic E-state index is -3.92. The number of aryl methyl sites for hydroxylation is 1. The standard InChI is InChI=1S/C16H15ClN2O4S3/c1-3-23-14(20)9-19-11-5-4-10(2)8-12(11)24-16(19)18-26(21,22)15-7-6-13(17)25-15/h4-8H,3,9H2,1-2H3. The number of fused-ring (bicyclic) bond motifs is 1. The molecule has 2 aromatic heterocycles. The first-order valence-corrected chi connectivity index (χ1v) is 11.1. The van der Waals surface area contributed by atoms with Crippen molar-refractivity contribution in [3.8, 4) is 0 Å². The Hall–Kier alpha value is -1.68. The quantitative estimate of drug-likeness (QED) is 0.579. The largest absolute Gasteiger partial charge is 0.465 e. The van der Waals surface area contributed by atoms with Gasteiger partial charge in [0.25, 0.3) is 10.0 Å². The molecule has 10 heteroatoms. The van der Waals surface area contributed by atoms with Crippen LogP contribution in [0.4, 0.5) is 0 Å². The Morgan fingerprint density at radius 3 is 2.69 bits per heavy atom. The Labute approximate surface area is 163 Å². The molecule has 0 amide bonds. The van der Waals surface area contributed by atoms with E-state index < -0.39 is 16.0 Å². The fourth-order valence-electron chi connectivity index (χ4n) is 2.32. The first-order chi connectivity index (χ1) is 12.3. The first kappa shape index (κ1) is 19.1. The molecule has 0 saturated heterocycles. The van der Waals surface area contributed by atoms with E-state index in [0.717, 1.165) is 27.1 Å². The molecule has 0 unspecified atom stereocenters. The van der Waals surface area contributed by atoms with E-state index in [-0.39, 0.29) is 22.2 Å². The number of carbonyl (C=O) groups excluding carboxylic acids is 1. The summed E-state index contributed by atoms with van der Waals surface area (Å²) in [6.07, 6.45) is 0. The van der Waals surface area contributed by atoms with Crippen LogP contribution in [0.3, 0.4) is 0 Å². The van der Waals surface area contributed by atoms with Crippen molar-refractivity contribution in [1.82, 2.24) is 4.57 Å². The van der Waals surface area contributed by atoms with Gasteiger partial charge in [0.1, 0.15) is 10.8 Å². The second kappa shape index (κ2) is 7.51. The van der Waals surface area contributed by atoms with Crippen molar-refractivity contribution >= 4 is 60.5 Å². The number of benzene rings is 1. The topological polar surface area (TPSA) is 77.7 Å². The zero-order valence-corrected chi connectivity index (χ0v) is 17.1. The van der Waals surface area contributed by atoms with Crippen LogP contribution in [0.15, 0.2) is 38.9 Å². The summed E-state index contributed by atoms with van der Waals surface area (Å²) < 4.78 is 36.9. The number of esters is 1. The minimum Gasteiger partial charge on any atom is -0.465 e. The zero-order valence-electron chi connectivity index (χ0n) is 13.9. The molecule has 0 radical (unpaired) electrons. The van der Waals surface area contributed by atoms with Crippen LogP contribution in [0.5, 0.6) is 0 Å². The van der Waals surface area contributed by atoms with Crippen molar-refractivity contribution in [3.63, 3.8) is 0 Å². The number of ether oxygens (including phenoxy) is 1. The summed E-state index contributed by atoms with van der Waals surface area (Å²) in [5, 5.41) is 0. The van der Waals surface area contributed by atoms with E-state index in [9.17, 15) is 13.2 Å². The maximum absolute atomic E-state index is 12.6. The van der Waals surface area contributed by atoms with E-state index in [2.05, 4.69) is 4.40 Å². The highest BCUT2D eigenvalue weighted by Crippen LogP contribution is 2.27. The van der Waals surface area contributed by atoms with E-state index in [4.69, 9.17) is 16.3 Å². The van der Waals surface area contributed by atoms with Gasteiger partial charge in [-0.25, -0.2) is 0 Å². The molecule has 0 aliphatic heterocycles. The number of thiazole rings is 1. The van der Waals surface area contributed by atoms with Crippen LogP contribution in [0, 0.1) is 6.92 Å². The van der Waals surface area contributed by atoms with Gasteiger partial charge in [-0.05, 0) is 43.7 Å². The fourth-order valence-corrected chi connectivity index (χ4v) is 6.11. The third-order valence-corrected chi connectivity index (χ3v) is 7.55. The highest BCUT2D eigenvalue weighted by atomic mass is 35.5. The predicted octanol–water partition coefficient (Wildman–Crippen LogP) is 3.58. The molecule has 0 atom stereocenters. The maximum atomic E-state index is 12.6. The van der Waals surface area contributed by atoms with E-state index in [1.807, 2.05) is 25.1 Å². The van der Waals surface area contributed by atoms with Crippen molar-refractivity contribution in [3.05, 3.63) is 45.0 Å². The van der Waals surface area contributed by atoms with Gasteiger partial charge < -0.3 is 9.30 Å². The number of hydrogen-bond acceptors (Lipinski definition) is 6. The Kier molecular flexibility index (Phi) is 5.52. The number of nitrogens with zero attached hydrogens (tertiary/aromatic N) is 2. The molecule has 138 valence electrons. The average molecular weight is 431 g/mol. The van der Waals surface area contributed by atoms with Crippen molar-refractivity contribution in [2.24, 2.45) is 4.40 Å². The Morgan fingerprint density at radius 1 is 1.27 bits per heavy atom. The maximum Gasteiger partial charge on any atom is 0.326 e. The molecule has 3 aromatic rings. The molecule has 0 fully saturated rings. The van der Waals surface area contributed by atoms with Gasteiger partial charge in [0.2, 0.25) is 4.80 Å². The third kappa shape index (κ3) is 4.01. The van der Waals surface area contributed by atoms with Crippen molar-refractivity contribution in [2.45, 2.75) is 24.6 Å². The van der Waals surface area contributed by atoms with Crippen molar-refractivity contribution in [1.29, 1.82) is 0 Å². The monoisotopic (exact) mass is 430 g/mol. The van der Waals surface area contributed by atoms with E-state index in [1.165, 1.54) is 23.5 Å². The normalized spacial score (nSPS) is 12.7. The number of rotatable bonds is 5. The van der Waals surface area contributed by atoms with E-state index >= 15 is 0 Å². The number of carbonyl (C=O) groups is 1. The lowest BCUT2D eigenvalue weighted by Crippen LogP contribution is -2.23. The number of aromatic nitrogens is 1. The molecule has 2 heterocycles. The Balaban J connectivity index is 2.19. The molecule has 6 nitrogen and oxygen atoms in total. The molecule has 0 N–H and O–H groups in total. The van der Waals surface area contributed by atoms with Crippen LogP contribution >= 0.6 is 34.3 Å². The van der Waals surface area contributed by atoms with Gasteiger partial charge in [0, 0.05) is 0 Å². The summed E-state index contributed by atoms with van der Waals surface area (Å²) in [6, 6.07) is 8.59. The molecule has 0 bridgehead atoms. The summed E-state index contributed by atoms with van der Waals surface area (Å²) in [4.78, 5) is 12.2. The van der Waals surface area contributed by atoms with Gasteiger partial charge in [-0.3, -0.25) is 4.79 Å². The van der Waals surface area contributed by atoms with Crippen molar-refractivity contribution < 1.29 is 17.9 Å². The smallest absolute Gasteiger partial charge is 0.326 e. The summed E-state index contributed by atoms with van der Waals surface area (Å²) in [5.74, 6) is -0.453. The Morgan fingerprint density at radius 2 is 2.04 bits per heavy atom. The van der Waals surface area contributed by atoms with Gasteiger partial charge in [0.05, 0.1) is 21.2 Å². The van der Waals surface area contributed by atoms with Crippen LogP contribution in [0.2, 0.25) is 4.34 Å². The Bertz CT molecular complexity index is 1140. The van der Waals surface area contributed by atoms with Crippen LogP contribution < -0.4 is 4.80 Å². The molecular formula is C16H15ClN2O4S3. The third-order valence-electron chi connectivity index (χ3n) is 3.43. The highest BCUT2D eigenvalue weighted by Gasteiger charge is 2.18. The van der Waals surface area contributed by atoms with Gasteiger partial charge in [0.15, 0.2) is 0 Å². The molecule has 3 rings (SSSR count). The number of halogens is 1. The molecular weight excluding hydrogens is 416 g/mol. The van der Waals surface area contributed by atoms with E-state index in [0.29, 0.717) is 4.34 Å². The van der Waals surface area contributed by atoms with Gasteiger partial charge in [-0.15, -0.1) is 15.7 Å². The number of sulfonamides is 1. The summed E-state index contributed by atoms with van der Waals surface area (Å²) >= 11 is 7.98. The lowest BCUT2D eigenvalue weighted by atomic mass is 10.2. The fraction of sp³-hybridized carbons (Fsp3) is 0.250. The molecule has 0 saturated carbocycles. The lowest BCUT2D eigenvalue weighted by Gasteiger charge is -2.05. The predicted molar refractivity (Wildman–Crippen MR) is 103 cm³/mol. The number of thiophene rings is 1. The van der Waals surface area contributed by atoms with Crippen LogP contribution in [-0.2, 0) is 26.1 Å². The van der Waals surface area contributed by atoms with Gasteiger partial charge >= 0.3 is 5.97 Å². The van der Waals surface area contributed by atoms with Crippen LogP contribution in [0.1, 0.15) is 12.5 Å². The van der Waals surface area contributed by atoms with Crippen LogP contribution in [0.25, 0.3) is 10.2 Å². The number of hydrogen-bond donors (Lipinski definition) is 0. The molecule has 26 heavy (non-hydrogen) atoms. The molecule has 0 aliphatic carbocycles. The van der Waals surface area contributed by atoms with E-state index in [1.54, 1.807) is 11.5 Å². The van der Waals surface area contributed by atoms with Gasteiger partial charge in [-0.2, -0.15) is 8.42 Å². The SMILES string of the molecule is CCOC(=O)Cn1c(=NS(=O)(=O)c2ccc(Cl)s2)sc2cc(C)ccc21. The second-order valence-electron chi connectivity index (χ2n) is 5.37. The summed E-state index contributed by atoms with van der Waals surface area (Å²) in [6.45, 7) is 3.79. The highest BCUT2D eigenvalue weighted by molar-refractivity contribution is 7.92. The summed E-state index contributed by atoms with van der Waals surface area (Å²) in [5.41, 5.74) is 1.76. The molecule has 1 aromatic carbocycles. The minimum absolute atomic E-state index is 0.0545. The van der Waals surface area contributed by atoms with Crippen LogP contribution in [-0.4, -0.2) is 25.6 Å². The van der Waals surface area contributed by atoms with Crippen molar-refractivity contribution in [2.75, 3.05) is 6.61 Å². The molecule has 0 aliphatic rings. The van der Waals surface area contributed by atoms with Gasteiger partial charge in [-0.1, -0.05) is 29.0 Å². The second-order valence-corrected chi connectivity index (χ2v) is 9.93. The zero-order chi connectivity index (χ0) is 18.9. The average Bonchev–Trinajstić information content (AvgIpc) is 3.12. The molecule has 0 spiro atoms. The lowest BCUT2D eigenvalue weighted by molar-refractivity contribution is -0.143. The first-order valence-electron chi connectivity index (χ1n) is 7.62. The summed E-state index contributed by atoms with van der Waals surface area (Å²) in [7, 11) is -3.92.